The Morgan fingerprint density at radius 1 is 1.41 bits per heavy atom. The summed E-state index contributed by atoms with van der Waals surface area (Å²) in [5, 5.41) is 17.3. The van der Waals surface area contributed by atoms with Gasteiger partial charge in [0.25, 0.3) is 0 Å². The van der Waals surface area contributed by atoms with Gasteiger partial charge in [0.15, 0.2) is 0 Å². The lowest BCUT2D eigenvalue weighted by atomic mass is 10.1. The van der Waals surface area contributed by atoms with E-state index < -0.39 is 0 Å². The van der Waals surface area contributed by atoms with E-state index in [1.807, 2.05) is 18.2 Å². The maximum atomic E-state index is 9.64. The Bertz CT molecular complexity index is 510. The summed E-state index contributed by atoms with van der Waals surface area (Å²) in [5.74, 6) is 1.82. The Hall–Kier alpha value is -1.75. The van der Waals surface area contributed by atoms with E-state index in [9.17, 15) is 5.11 Å². The van der Waals surface area contributed by atoms with E-state index in [-0.39, 0.29) is 5.75 Å². The third kappa shape index (κ3) is 3.10. The molecule has 2 rings (SSSR count). The van der Waals surface area contributed by atoms with Gasteiger partial charge in [-0.2, -0.15) is 0 Å². The molecule has 0 amide bonds. The number of phenols is 1. The van der Waals surface area contributed by atoms with E-state index in [0.717, 1.165) is 17.1 Å². The molecule has 1 aromatic heterocycles. The standard InChI is InChI=1S/C12H13N3OS/c1-2-7-17-12-13-11(14-15-12)8-9-5-3-4-6-10(9)16/h2-6,16H,1,7-8H2,(H,13,14,15). The summed E-state index contributed by atoms with van der Waals surface area (Å²) in [7, 11) is 0. The number of rotatable bonds is 5. The fraction of sp³-hybridized carbons (Fsp3) is 0.167. The quantitative estimate of drug-likeness (QED) is 0.629. The Kier molecular flexibility index (Phi) is 3.82. The minimum atomic E-state index is 0.282. The van der Waals surface area contributed by atoms with Crippen molar-refractivity contribution in [3.8, 4) is 5.75 Å². The zero-order valence-electron chi connectivity index (χ0n) is 9.26. The van der Waals surface area contributed by atoms with Crippen molar-refractivity contribution in [1.82, 2.24) is 15.2 Å². The van der Waals surface area contributed by atoms with Gasteiger partial charge in [0, 0.05) is 17.7 Å². The summed E-state index contributed by atoms with van der Waals surface area (Å²) in [6.45, 7) is 3.64. The molecule has 0 aliphatic heterocycles. The van der Waals surface area contributed by atoms with Crippen molar-refractivity contribution < 1.29 is 5.11 Å². The van der Waals surface area contributed by atoms with Crippen LogP contribution in [-0.4, -0.2) is 26.0 Å². The van der Waals surface area contributed by atoms with Crippen LogP contribution in [0.5, 0.6) is 5.75 Å². The van der Waals surface area contributed by atoms with Gasteiger partial charge >= 0.3 is 0 Å². The first-order chi connectivity index (χ1) is 8.29. The largest absolute Gasteiger partial charge is 0.508 e. The summed E-state index contributed by atoms with van der Waals surface area (Å²) in [6.07, 6.45) is 2.36. The van der Waals surface area contributed by atoms with Gasteiger partial charge in [-0.1, -0.05) is 36.0 Å². The number of aromatic hydroxyl groups is 1. The summed E-state index contributed by atoms with van der Waals surface area (Å²) in [6, 6.07) is 7.22. The number of aromatic amines is 1. The Labute approximate surface area is 104 Å². The molecule has 0 atom stereocenters. The lowest BCUT2D eigenvalue weighted by molar-refractivity contribution is 0.469. The second-order valence-corrected chi connectivity index (χ2v) is 4.46. The van der Waals surface area contributed by atoms with Gasteiger partial charge in [0.1, 0.15) is 11.6 Å². The first kappa shape index (κ1) is 11.7. The number of thioether (sulfide) groups is 1. The third-order valence-electron chi connectivity index (χ3n) is 2.19. The van der Waals surface area contributed by atoms with Crippen molar-refractivity contribution in [1.29, 1.82) is 0 Å². The van der Waals surface area contributed by atoms with E-state index in [2.05, 4.69) is 21.8 Å². The highest BCUT2D eigenvalue weighted by Gasteiger charge is 2.06. The fourth-order valence-electron chi connectivity index (χ4n) is 1.40. The van der Waals surface area contributed by atoms with Gasteiger partial charge in [0.2, 0.25) is 5.16 Å². The van der Waals surface area contributed by atoms with E-state index >= 15 is 0 Å². The van der Waals surface area contributed by atoms with Gasteiger partial charge in [-0.25, -0.2) is 4.98 Å². The lowest BCUT2D eigenvalue weighted by Crippen LogP contribution is -1.91. The molecule has 0 saturated heterocycles. The maximum Gasteiger partial charge on any atom is 0.208 e. The van der Waals surface area contributed by atoms with Gasteiger partial charge in [0.05, 0.1) is 0 Å². The van der Waals surface area contributed by atoms with Crippen LogP contribution in [0.1, 0.15) is 11.4 Å². The first-order valence-corrected chi connectivity index (χ1v) is 6.20. The van der Waals surface area contributed by atoms with Crippen molar-refractivity contribution in [3.05, 3.63) is 48.3 Å². The zero-order chi connectivity index (χ0) is 12.1. The highest BCUT2D eigenvalue weighted by Crippen LogP contribution is 2.19. The number of hydrogen-bond acceptors (Lipinski definition) is 4. The molecule has 0 unspecified atom stereocenters. The fourth-order valence-corrected chi connectivity index (χ4v) is 1.95. The molecule has 0 saturated carbocycles. The number of hydrogen-bond donors (Lipinski definition) is 2. The Morgan fingerprint density at radius 3 is 3.00 bits per heavy atom. The van der Waals surface area contributed by atoms with Crippen LogP contribution in [0.15, 0.2) is 42.1 Å². The van der Waals surface area contributed by atoms with Crippen LogP contribution in [0, 0.1) is 0 Å². The van der Waals surface area contributed by atoms with Crippen LogP contribution in [0.4, 0.5) is 0 Å². The molecule has 0 aliphatic rings. The molecule has 0 aliphatic carbocycles. The molecule has 88 valence electrons. The molecule has 0 radical (unpaired) electrons. The van der Waals surface area contributed by atoms with Crippen LogP contribution < -0.4 is 0 Å². The molecule has 0 bridgehead atoms. The topological polar surface area (TPSA) is 61.8 Å². The number of nitrogens with zero attached hydrogens (tertiary/aromatic N) is 2. The maximum absolute atomic E-state index is 9.64. The normalized spacial score (nSPS) is 10.4. The first-order valence-electron chi connectivity index (χ1n) is 5.21. The van der Waals surface area contributed by atoms with Gasteiger partial charge in [-0.05, 0) is 6.07 Å². The molecule has 5 heteroatoms. The minimum Gasteiger partial charge on any atom is -0.508 e. The number of aromatic nitrogens is 3. The highest BCUT2D eigenvalue weighted by atomic mass is 32.2. The van der Waals surface area contributed by atoms with Crippen LogP contribution in [0.2, 0.25) is 0 Å². The molecule has 0 spiro atoms. The van der Waals surface area contributed by atoms with Crippen LogP contribution in [0.3, 0.4) is 0 Å². The van der Waals surface area contributed by atoms with Crippen molar-refractivity contribution in [2.24, 2.45) is 0 Å². The van der Waals surface area contributed by atoms with E-state index in [1.54, 1.807) is 12.1 Å². The minimum absolute atomic E-state index is 0.282. The van der Waals surface area contributed by atoms with Crippen molar-refractivity contribution in [2.75, 3.05) is 5.75 Å². The number of phenolic OH excluding ortho intramolecular Hbond substituents is 1. The molecule has 1 aromatic carbocycles. The van der Waals surface area contributed by atoms with E-state index in [4.69, 9.17) is 0 Å². The zero-order valence-corrected chi connectivity index (χ0v) is 10.1. The average molecular weight is 247 g/mol. The summed E-state index contributed by atoms with van der Waals surface area (Å²) >= 11 is 1.52. The second-order valence-electron chi connectivity index (χ2n) is 3.47. The van der Waals surface area contributed by atoms with E-state index in [0.29, 0.717) is 11.6 Å². The SMILES string of the molecule is C=CCSc1n[nH]c(Cc2ccccc2O)n1. The van der Waals surface area contributed by atoms with Crippen LogP contribution in [-0.2, 0) is 6.42 Å². The smallest absolute Gasteiger partial charge is 0.208 e. The molecular formula is C12H13N3OS. The van der Waals surface area contributed by atoms with Crippen molar-refractivity contribution in [2.45, 2.75) is 11.6 Å². The van der Waals surface area contributed by atoms with Gasteiger partial charge in [-0.15, -0.1) is 11.7 Å². The molecule has 2 aromatic rings. The Balaban J connectivity index is 2.06. The molecular weight excluding hydrogens is 234 g/mol. The third-order valence-corrected chi connectivity index (χ3v) is 3.03. The molecule has 4 nitrogen and oxygen atoms in total. The van der Waals surface area contributed by atoms with Gasteiger partial charge < -0.3 is 5.11 Å². The number of para-hydroxylation sites is 1. The highest BCUT2D eigenvalue weighted by molar-refractivity contribution is 7.99. The van der Waals surface area contributed by atoms with Crippen molar-refractivity contribution >= 4 is 11.8 Å². The monoisotopic (exact) mass is 247 g/mol. The van der Waals surface area contributed by atoms with Crippen LogP contribution in [0.25, 0.3) is 0 Å². The predicted octanol–water partition coefficient (Wildman–Crippen LogP) is 2.38. The predicted molar refractivity (Wildman–Crippen MR) is 68.2 cm³/mol. The number of benzene rings is 1. The lowest BCUT2D eigenvalue weighted by Gasteiger charge is -2.00. The van der Waals surface area contributed by atoms with E-state index in [1.165, 1.54) is 11.8 Å². The van der Waals surface area contributed by atoms with Crippen LogP contribution >= 0.6 is 11.8 Å². The molecule has 1 heterocycles. The summed E-state index contributed by atoms with van der Waals surface area (Å²) < 4.78 is 0. The van der Waals surface area contributed by atoms with Gasteiger partial charge in [-0.3, -0.25) is 5.10 Å². The molecule has 17 heavy (non-hydrogen) atoms. The second kappa shape index (κ2) is 5.54. The number of nitrogens with one attached hydrogen (secondary N) is 1. The molecule has 2 N–H and O–H groups in total. The average Bonchev–Trinajstić information content (AvgIpc) is 2.77. The number of H-pyrrole nitrogens is 1. The summed E-state index contributed by atoms with van der Waals surface area (Å²) in [5.41, 5.74) is 0.837. The Morgan fingerprint density at radius 2 is 2.24 bits per heavy atom. The van der Waals surface area contributed by atoms with Crippen molar-refractivity contribution in [3.63, 3.8) is 0 Å². The summed E-state index contributed by atoms with van der Waals surface area (Å²) in [4.78, 5) is 4.32. The molecule has 0 fully saturated rings.